The van der Waals surface area contributed by atoms with Crippen molar-refractivity contribution in [2.45, 2.75) is 122 Å². The van der Waals surface area contributed by atoms with E-state index in [1.165, 1.54) is 0 Å². The number of carboxylic acid groups (broad SMARTS) is 2. The smallest absolute Gasteiger partial charge is 0.306 e. The average Bonchev–Trinajstić information content (AvgIpc) is 3.24. The molecular weight excluding hydrogens is 532 g/mol. The van der Waals surface area contributed by atoms with E-state index < -0.39 is 71.4 Å². The summed E-state index contributed by atoms with van der Waals surface area (Å²) in [4.78, 5) is 23.6. The largest absolute Gasteiger partial charge is 0.481 e. The van der Waals surface area contributed by atoms with Gasteiger partial charge in [0.25, 0.3) is 0 Å². The van der Waals surface area contributed by atoms with Crippen LogP contribution in [-0.4, -0.2) is 85.5 Å². The number of aliphatic carboxylic acids is 2. The van der Waals surface area contributed by atoms with E-state index in [9.17, 15) is 40.2 Å². The molecule has 41 heavy (non-hydrogen) atoms. The molecule has 0 aromatic carbocycles. The molecule has 4 fully saturated rings. The number of aliphatic hydroxyl groups is 4. The van der Waals surface area contributed by atoms with Crippen LogP contribution in [0.15, 0.2) is 12.2 Å². The highest BCUT2D eigenvalue weighted by atomic mass is 16.7. The van der Waals surface area contributed by atoms with Gasteiger partial charge in [0, 0.05) is 6.42 Å². The summed E-state index contributed by atoms with van der Waals surface area (Å²) in [5.41, 5.74) is -1.59. The minimum Gasteiger partial charge on any atom is -0.481 e. The minimum atomic E-state index is -1.51. The third-order valence-corrected chi connectivity index (χ3v) is 12.2. The van der Waals surface area contributed by atoms with Crippen LogP contribution in [0.2, 0.25) is 0 Å². The Bertz CT molecular complexity index is 1030. The molecule has 0 aromatic rings. The van der Waals surface area contributed by atoms with Gasteiger partial charge in [-0.05, 0) is 92.3 Å². The molecule has 4 rings (SSSR count). The van der Waals surface area contributed by atoms with Crippen LogP contribution < -0.4 is 0 Å². The van der Waals surface area contributed by atoms with Gasteiger partial charge in [0.2, 0.25) is 0 Å². The number of aliphatic hydroxyl groups excluding tert-OH is 3. The van der Waals surface area contributed by atoms with Gasteiger partial charge in [-0.3, -0.25) is 9.59 Å². The summed E-state index contributed by atoms with van der Waals surface area (Å²) in [6, 6.07) is 0. The molecule has 234 valence electrons. The van der Waals surface area contributed by atoms with E-state index in [1.54, 1.807) is 6.92 Å². The summed E-state index contributed by atoms with van der Waals surface area (Å²) in [5.74, 6) is -2.55. The summed E-state index contributed by atoms with van der Waals surface area (Å²) < 4.78 is 12.2. The average molecular weight is 583 g/mol. The maximum absolute atomic E-state index is 11.8. The highest BCUT2D eigenvalue weighted by Crippen LogP contribution is 2.74. The molecule has 1 heterocycles. The fraction of sp³-hybridized carbons (Fsp3) is 0.871. The lowest BCUT2D eigenvalue weighted by Crippen LogP contribution is -2.65. The van der Waals surface area contributed by atoms with Crippen LogP contribution in [0.4, 0.5) is 0 Å². The van der Waals surface area contributed by atoms with E-state index in [0.717, 1.165) is 24.8 Å². The van der Waals surface area contributed by atoms with Crippen molar-refractivity contribution in [2.24, 2.45) is 39.9 Å². The Balaban J connectivity index is 1.81. The van der Waals surface area contributed by atoms with Crippen molar-refractivity contribution in [1.82, 2.24) is 0 Å². The lowest BCUT2D eigenvalue weighted by atomic mass is 9.37. The normalized spacial score (nSPS) is 47.6. The van der Waals surface area contributed by atoms with E-state index in [2.05, 4.69) is 27.4 Å². The van der Waals surface area contributed by atoms with Crippen LogP contribution in [-0.2, 0) is 19.1 Å². The fourth-order valence-corrected chi connectivity index (χ4v) is 9.97. The second-order valence-electron chi connectivity index (χ2n) is 14.5. The summed E-state index contributed by atoms with van der Waals surface area (Å²) >= 11 is 0. The van der Waals surface area contributed by atoms with E-state index >= 15 is 0 Å². The van der Waals surface area contributed by atoms with Crippen molar-refractivity contribution in [3.63, 3.8) is 0 Å². The zero-order valence-electron chi connectivity index (χ0n) is 25.1. The van der Waals surface area contributed by atoms with Gasteiger partial charge < -0.3 is 40.1 Å². The van der Waals surface area contributed by atoms with Crippen molar-refractivity contribution in [1.29, 1.82) is 0 Å². The monoisotopic (exact) mass is 582 g/mol. The van der Waals surface area contributed by atoms with Crippen LogP contribution in [0.1, 0.15) is 86.0 Å². The summed E-state index contributed by atoms with van der Waals surface area (Å²) in [5, 5.41) is 62.0. The van der Waals surface area contributed by atoms with Crippen molar-refractivity contribution in [3.05, 3.63) is 12.2 Å². The molecule has 10 nitrogen and oxygen atoms in total. The summed E-state index contributed by atoms with van der Waals surface area (Å²) in [7, 11) is 0. The van der Waals surface area contributed by atoms with E-state index in [0.29, 0.717) is 19.3 Å². The number of rotatable bonds is 9. The number of fused-ring (bicyclic) bond motifs is 3. The molecule has 1 aliphatic heterocycles. The second-order valence-corrected chi connectivity index (χ2v) is 14.5. The van der Waals surface area contributed by atoms with Crippen molar-refractivity contribution < 1.29 is 49.7 Å². The van der Waals surface area contributed by atoms with E-state index in [-0.39, 0.29) is 36.2 Å². The number of ether oxygens (including phenoxy) is 2. The fourth-order valence-electron chi connectivity index (χ4n) is 9.97. The molecule has 6 N–H and O–H groups in total. The van der Waals surface area contributed by atoms with Crippen LogP contribution in [0.5, 0.6) is 0 Å². The van der Waals surface area contributed by atoms with Crippen molar-refractivity contribution in [3.8, 4) is 0 Å². The number of carbonyl (C=O) groups is 2. The maximum Gasteiger partial charge on any atom is 0.306 e. The molecular formula is C31H50O10. The Kier molecular flexibility index (Phi) is 8.82. The zero-order valence-corrected chi connectivity index (χ0v) is 25.1. The quantitative estimate of drug-likeness (QED) is 0.175. The zero-order chi connectivity index (χ0) is 30.7. The maximum atomic E-state index is 11.8. The van der Waals surface area contributed by atoms with Gasteiger partial charge in [0.1, 0.15) is 18.3 Å². The van der Waals surface area contributed by atoms with Crippen LogP contribution >= 0.6 is 0 Å². The molecule has 1 saturated heterocycles. The molecule has 0 spiro atoms. The molecule has 13 unspecified atom stereocenters. The van der Waals surface area contributed by atoms with Crippen LogP contribution in [0.25, 0.3) is 0 Å². The minimum absolute atomic E-state index is 0.00419. The SMILES string of the molecule is C=C(C)C1CCC2(C)C(CC(OC3OCC(O)C(O)C3O)C3C(C(C)(O)CC(=O)O)CCC32C)C1(C)CCC(=O)O. The van der Waals surface area contributed by atoms with Gasteiger partial charge >= 0.3 is 11.9 Å². The standard InChI is InChI=1S/C31H50O10/c1-16(2)17-7-11-29(4)21(28(17,3)10-9-22(33)34)13-20(41-27-26(38)25(37)19(32)15-40-27)24-18(8-12-30(24,29)5)31(6,39)14-23(35)36/h17-21,24-27,32,37-39H,1,7-15H2,2-6H3,(H,33,34)(H,35,36). The number of hydrogen-bond donors (Lipinski definition) is 6. The highest BCUT2D eigenvalue weighted by molar-refractivity contribution is 5.68. The molecule has 3 aliphatic carbocycles. The highest BCUT2D eigenvalue weighted by Gasteiger charge is 2.70. The first-order valence-electron chi connectivity index (χ1n) is 15.0. The second kappa shape index (κ2) is 11.2. The number of carboxylic acids is 2. The van der Waals surface area contributed by atoms with Gasteiger partial charge in [0.05, 0.1) is 24.7 Å². The van der Waals surface area contributed by atoms with Gasteiger partial charge in [0.15, 0.2) is 6.29 Å². The Morgan fingerprint density at radius 1 is 1.02 bits per heavy atom. The third-order valence-electron chi connectivity index (χ3n) is 12.2. The molecule has 3 saturated carbocycles. The molecule has 13 atom stereocenters. The summed E-state index contributed by atoms with van der Waals surface area (Å²) in [6.45, 7) is 14.3. The van der Waals surface area contributed by atoms with Crippen LogP contribution in [0.3, 0.4) is 0 Å². The predicted octanol–water partition coefficient (Wildman–Crippen LogP) is 2.95. The van der Waals surface area contributed by atoms with Gasteiger partial charge in [-0.25, -0.2) is 0 Å². The van der Waals surface area contributed by atoms with E-state index in [1.807, 2.05) is 6.92 Å². The number of allylic oxidation sites excluding steroid dienone is 1. The Morgan fingerprint density at radius 2 is 1.66 bits per heavy atom. The lowest BCUT2D eigenvalue weighted by molar-refractivity contribution is -0.312. The molecule has 0 aromatic heterocycles. The Morgan fingerprint density at radius 3 is 2.24 bits per heavy atom. The molecule has 0 radical (unpaired) electrons. The van der Waals surface area contributed by atoms with Crippen LogP contribution in [0, 0.1) is 39.9 Å². The number of hydrogen-bond acceptors (Lipinski definition) is 8. The molecule has 0 bridgehead atoms. The Hall–Kier alpha value is -1.56. The Labute approximate surface area is 242 Å². The molecule has 0 amide bonds. The predicted molar refractivity (Wildman–Crippen MR) is 149 cm³/mol. The summed E-state index contributed by atoms with van der Waals surface area (Å²) in [6.07, 6.45) is -2.40. The first kappa shape index (κ1) is 32.4. The first-order valence-corrected chi connectivity index (χ1v) is 15.0. The van der Waals surface area contributed by atoms with Gasteiger partial charge in [-0.1, -0.05) is 32.9 Å². The van der Waals surface area contributed by atoms with Gasteiger partial charge in [-0.2, -0.15) is 0 Å². The first-order chi connectivity index (χ1) is 18.9. The molecule has 4 aliphatic rings. The molecule has 10 heteroatoms. The topological polar surface area (TPSA) is 174 Å². The third kappa shape index (κ3) is 5.38. The van der Waals surface area contributed by atoms with E-state index in [4.69, 9.17) is 9.47 Å². The van der Waals surface area contributed by atoms with Crippen molar-refractivity contribution >= 4 is 11.9 Å². The van der Waals surface area contributed by atoms with Gasteiger partial charge in [-0.15, -0.1) is 0 Å². The lowest BCUT2D eigenvalue weighted by Gasteiger charge is -2.68. The van der Waals surface area contributed by atoms with Crippen molar-refractivity contribution in [2.75, 3.05) is 6.61 Å².